The predicted molar refractivity (Wildman–Crippen MR) is 125 cm³/mol. The first-order chi connectivity index (χ1) is 16.3. The number of alkyl halides is 3. The molecule has 0 atom stereocenters. The van der Waals surface area contributed by atoms with Gasteiger partial charge in [0.15, 0.2) is 0 Å². The molecular formula is C27H22F3N3O. The van der Waals surface area contributed by atoms with Gasteiger partial charge in [-0.05, 0) is 55.0 Å². The molecule has 0 saturated carbocycles. The molecule has 0 saturated heterocycles. The standard InChI is InChI=1S/C27H22F3N3O/c1-19-24(26(34)32(2)18-20-11-10-14-22(17-20)27(28,29)30)25(21-12-6-3-4-7-13-21)31-33(19)23-15-8-5-9-16-23/h3,5-17H,18H2,1-2H3. The van der Waals surface area contributed by atoms with Gasteiger partial charge < -0.3 is 4.90 Å². The maximum Gasteiger partial charge on any atom is 0.416 e. The van der Waals surface area contributed by atoms with Crippen molar-refractivity contribution >= 4 is 11.5 Å². The number of carbonyl (C=O) groups excluding carboxylic acids is 1. The van der Waals surface area contributed by atoms with Crippen molar-refractivity contribution in [3.8, 4) is 5.69 Å². The van der Waals surface area contributed by atoms with Crippen LogP contribution in [0.1, 0.15) is 32.9 Å². The molecule has 0 fully saturated rings. The van der Waals surface area contributed by atoms with E-state index in [1.54, 1.807) is 29.9 Å². The molecule has 0 aliphatic heterocycles. The number of amides is 1. The number of aromatic nitrogens is 2. The molecule has 0 bridgehead atoms. The number of benzene rings is 2. The van der Waals surface area contributed by atoms with E-state index in [0.29, 0.717) is 22.5 Å². The normalized spacial score (nSPS) is 13.0. The van der Waals surface area contributed by atoms with E-state index < -0.39 is 11.7 Å². The average Bonchev–Trinajstić information content (AvgIpc) is 2.98. The molecule has 0 radical (unpaired) electrons. The predicted octanol–water partition coefficient (Wildman–Crippen LogP) is 6.14. The van der Waals surface area contributed by atoms with Crippen molar-refractivity contribution in [1.82, 2.24) is 14.7 Å². The Bertz CT molecular complexity index is 1340. The van der Waals surface area contributed by atoms with Crippen molar-refractivity contribution in [2.45, 2.75) is 19.6 Å². The summed E-state index contributed by atoms with van der Waals surface area (Å²) in [5, 5.41) is 4.74. The molecule has 172 valence electrons. The van der Waals surface area contributed by atoms with Crippen LogP contribution in [0.25, 0.3) is 11.3 Å². The summed E-state index contributed by atoms with van der Waals surface area (Å²) in [4.78, 5) is 15.0. The highest BCUT2D eigenvalue weighted by atomic mass is 19.4. The van der Waals surface area contributed by atoms with Gasteiger partial charge in [0.2, 0.25) is 0 Å². The van der Waals surface area contributed by atoms with E-state index in [1.807, 2.05) is 55.5 Å². The van der Waals surface area contributed by atoms with Crippen molar-refractivity contribution in [2.75, 3.05) is 7.05 Å². The van der Waals surface area contributed by atoms with Gasteiger partial charge in [-0.2, -0.15) is 18.3 Å². The van der Waals surface area contributed by atoms with Crippen molar-refractivity contribution in [2.24, 2.45) is 0 Å². The fourth-order valence-corrected chi connectivity index (χ4v) is 3.78. The Labute approximate surface area is 195 Å². The van der Waals surface area contributed by atoms with Crippen molar-refractivity contribution in [1.29, 1.82) is 0 Å². The zero-order chi connectivity index (χ0) is 24.3. The van der Waals surface area contributed by atoms with Gasteiger partial charge >= 0.3 is 6.18 Å². The lowest BCUT2D eigenvalue weighted by Gasteiger charge is -2.19. The molecule has 1 aliphatic carbocycles. The number of hydrogen-bond donors (Lipinski definition) is 0. The van der Waals surface area contributed by atoms with Crippen LogP contribution in [-0.2, 0) is 12.7 Å². The topological polar surface area (TPSA) is 38.1 Å². The number of rotatable bonds is 5. The summed E-state index contributed by atoms with van der Waals surface area (Å²) in [7, 11) is 1.57. The fraction of sp³-hybridized carbons (Fsp3) is 0.148. The number of carbonyl (C=O) groups is 1. The van der Waals surface area contributed by atoms with E-state index in [1.165, 1.54) is 11.0 Å². The summed E-state index contributed by atoms with van der Waals surface area (Å²) < 4.78 is 41.1. The number of allylic oxidation sites excluding steroid dienone is 5. The van der Waals surface area contributed by atoms with Crippen molar-refractivity contribution in [3.05, 3.63) is 119 Å². The Morgan fingerprint density at radius 1 is 1.09 bits per heavy atom. The molecule has 7 heteroatoms. The molecule has 1 aromatic heterocycles. The summed E-state index contributed by atoms with van der Waals surface area (Å²) in [5.41, 5.74) is 5.69. The Balaban J connectivity index is 1.74. The second kappa shape index (κ2) is 9.41. The van der Waals surface area contributed by atoms with Crippen molar-refractivity contribution < 1.29 is 18.0 Å². The van der Waals surface area contributed by atoms with E-state index in [2.05, 4.69) is 5.73 Å². The van der Waals surface area contributed by atoms with Gasteiger partial charge in [-0.25, -0.2) is 4.68 Å². The maximum atomic E-state index is 13.6. The third-order valence-electron chi connectivity index (χ3n) is 5.45. The lowest BCUT2D eigenvalue weighted by Crippen LogP contribution is -2.27. The smallest absolute Gasteiger partial charge is 0.337 e. The van der Waals surface area contributed by atoms with E-state index >= 15 is 0 Å². The zero-order valence-corrected chi connectivity index (χ0v) is 18.7. The molecule has 1 amide bonds. The highest BCUT2D eigenvalue weighted by Crippen LogP contribution is 2.30. The van der Waals surface area contributed by atoms with Crippen LogP contribution in [0.2, 0.25) is 0 Å². The van der Waals surface area contributed by atoms with E-state index in [4.69, 9.17) is 5.10 Å². The molecule has 0 N–H and O–H groups in total. The molecule has 34 heavy (non-hydrogen) atoms. The molecular weight excluding hydrogens is 439 g/mol. The minimum atomic E-state index is -4.45. The molecule has 1 aliphatic rings. The Hall–Kier alpha value is -4.09. The summed E-state index contributed by atoms with van der Waals surface area (Å²) in [5.74, 6) is -0.331. The Morgan fingerprint density at radius 2 is 1.85 bits per heavy atom. The second-order valence-corrected chi connectivity index (χ2v) is 7.90. The third kappa shape index (κ3) is 4.80. The van der Waals surface area contributed by atoms with Gasteiger partial charge in [-0.1, -0.05) is 42.5 Å². The van der Waals surface area contributed by atoms with E-state index in [-0.39, 0.29) is 12.5 Å². The monoisotopic (exact) mass is 461 g/mol. The molecule has 0 unspecified atom stereocenters. The second-order valence-electron chi connectivity index (χ2n) is 7.90. The van der Waals surface area contributed by atoms with Gasteiger partial charge in [0.1, 0.15) is 5.69 Å². The Kier molecular flexibility index (Phi) is 6.39. The quantitative estimate of drug-likeness (QED) is 0.429. The van der Waals surface area contributed by atoms with Crippen molar-refractivity contribution in [3.63, 3.8) is 0 Å². The van der Waals surface area contributed by atoms with Crippen LogP contribution in [0.4, 0.5) is 13.2 Å². The lowest BCUT2D eigenvalue weighted by molar-refractivity contribution is -0.137. The van der Waals surface area contributed by atoms with Gasteiger partial charge in [0.25, 0.3) is 5.91 Å². The van der Waals surface area contributed by atoms with Crippen LogP contribution >= 0.6 is 0 Å². The lowest BCUT2D eigenvalue weighted by atomic mass is 10.0. The first kappa shape index (κ1) is 23.1. The fourth-order valence-electron chi connectivity index (χ4n) is 3.78. The molecule has 0 spiro atoms. The minimum Gasteiger partial charge on any atom is -0.337 e. The highest BCUT2D eigenvalue weighted by molar-refractivity contribution is 6.00. The summed E-state index contributed by atoms with van der Waals surface area (Å²) >= 11 is 0. The first-order valence-corrected chi connectivity index (χ1v) is 10.6. The SMILES string of the molecule is Cc1c(C(=O)N(C)Cc2cccc(C(F)(F)F)c2)c(C2=CC=C=CC=C2)nn1-c1ccccc1. The number of para-hydroxylation sites is 1. The van der Waals surface area contributed by atoms with E-state index in [0.717, 1.165) is 23.4 Å². The third-order valence-corrected chi connectivity index (χ3v) is 5.45. The molecule has 2 aromatic carbocycles. The minimum absolute atomic E-state index is 0.0223. The van der Waals surface area contributed by atoms with Crippen LogP contribution in [0.15, 0.2) is 90.7 Å². The number of nitrogens with zero attached hydrogens (tertiary/aromatic N) is 3. The molecule has 1 heterocycles. The molecule has 4 rings (SSSR count). The average molecular weight is 461 g/mol. The Morgan fingerprint density at radius 3 is 2.59 bits per heavy atom. The summed E-state index contributed by atoms with van der Waals surface area (Å²) in [6, 6.07) is 14.5. The molecule has 3 aromatic rings. The summed E-state index contributed by atoms with van der Waals surface area (Å²) in [6.45, 7) is 1.83. The van der Waals surface area contributed by atoms with Crippen LogP contribution in [0.5, 0.6) is 0 Å². The number of halogens is 3. The maximum absolute atomic E-state index is 13.6. The number of hydrogen-bond acceptors (Lipinski definition) is 2. The van der Waals surface area contributed by atoms with Crippen LogP contribution in [0.3, 0.4) is 0 Å². The van der Waals surface area contributed by atoms with Gasteiger partial charge in [0, 0.05) is 19.2 Å². The van der Waals surface area contributed by atoms with E-state index in [9.17, 15) is 18.0 Å². The van der Waals surface area contributed by atoms with Crippen LogP contribution in [-0.4, -0.2) is 27.6 Å². The van der Waals surface area contributed by atoms with Gasteiger partial charge in [-0.15, -0.1) is 5.73 Å². The van der Waals surface area contributed by atoms with Gasteiger partial charge in [-0.3, -0.25) is 4.79 Å². The summed E-state index contributed by atoms with van der Waals surface area (Å²) in [6.07, 6.45) is 4.53. The highest BCUT2D eigenvalue weighted by Gasteiger charge is 2.31. The van der Waals surface area contributed by atoms with Crippen LogP contribution < -0.4 is 0 Å². The van der Waals surface area contributed by atoms with Gasteiger partial charge in [0.05, 0.1) is 22.5 Å². The zero-order valence-electron chi connectivity index (χ0n) is 18.7. The van der Waals surface area contributed by atoms with Crippen LogP contribution in [0, 0.1) is 6.92 Å². The first-order valence-electron chi connectivity index (χ1n) is 10.6. The largest absolute Gasteiger partial charge is 0.416 e. The molecule has 4 nitrogen and oxygen atoms in total.